The number of amides is 1. The second-order valence-electron chi connectivity index (χ2n) is 6.76. The molecule has 1 aliphatic heterocycles. The summed E-state index contributed by atoms with van der Waals surface area (Å²) in [4.78, 5) is 12.4. The molecule has 0 spiro atoms. The summed E-state index contributed by atoms with van der Waals surface area (Å²) in [5, 5.41) is 3.03. The molecular weight excluding hydrogens is 394 g/mol. The van der Waals surface area contributed by atoms with Gasteiger partial charge in [-0.25, -0.2) is 5.43 Å². The zero-order valence-corrected chi connectivity index (χ0v) is 16.8. The Balaban J connectivity index is 1.62. The Morgan fingerprint density at radius 1 is 1.15 bits per heavy atom. The van der Waals surface area contributed by atoms with E-state index in [2.05, 4.69) is 51.2 Å². The van der Waals surface area contributed by atoms with E-state index in [9.17, 15) is 4.79 Å². The van der Waals surface area contributed by atoms with Gasteiger partial charge in [0.15, 0.2) is 6.61 Å². The van der Waals surface area contributed by atoms with Crippen LogP contribution in [0.4, 0.5) is 0 Å². The number of hydrazine groups is 1. The molecule has 0 saturated carbocycles. The summed E-state index contributed by atoms with van der Waals surface area (Å²) in [6.45, 7) is 6.06. The van der Waals surface area contributed by atoms with Gasteiger partial charge >= 0.3 is 0 Å². The molecule has 6 heteroatoms. The van der Waals surface area contributed by atoms with Crippen LogP contribution in [-0.2, 0) is 4.79 Å². The van der Waals surface area contributed by atoms with Crippen LogP contribution < -0.4 is 20.9 Å². The van der Waals surface area contributed by atoms with E-state index in [4.69, 9.17) is 4.74 Å². The van der Waals surface area contributed by atoms with Crippen molar-refractivity contribution in [1.82, 2.24) is 16.2 Å². The molecule has 5 nitrogen and oxygen atoms in total. The van der Waals surface area contributed by atoms with Gasteiger partial charge in [-0.05, 0) is 55.7 Å². The van der Waals surface area contributed by atoms with Gasteiger partial charge < -0.3 is 10.1 Å². The van der Waals surface area contributed by atoms with Crippen LogP contribution in [0.15, 0.2) is 46.9 Å². The smallest absolute Gasteiger partial charge is 0.259 e. The van der Waals surface area contributed by atoms with Crippen LogP contribution in [0.3, 0.4) is 0 Å². The highest BCUT2D eigenvalue weighted by molar-refractivity contribution is 9.10. The Labute approximate surface area is 162 Å². The Morgan fingerprint density at radius 2 is 1.88 bits per heavy atom. The van der Waals surface area contributed by atoms with E-state index in [-0.39, 0.29) is 30.6 Å². The molecular formula is C20H24BrN3O2. The number of rotatable bonds is 5. The summed E-state index contributed by atoms with van der Waals surface area (Å²) >= 11 is 3.46. The highest BCUT2D eigenvalue weighted by Crippen LogP contribution is 2.27. The fraction of sp³-hybridized carbons (Fsp3) is 0.350. The van der Waals surface area contributed by atoms with Crippen molar-refractivity contribution in [2.24, 2.45) is 0 Å². The average molecular weight is 418 g/mol. The van der Waals surface area contributed by atoms with Crippen LogP contribution in [0.2, 0.25) is 0 Å². The van der Waals surface area contributed by atoms with Gasteiger partial charge in [0.1, 0.15) is 11.9 Å². The van der Waals surface area contributed by atoms with Gasteiger partial charge in [0, 0.05) is 16.4 Å². The fourth-order valence-electron chi connectivity index (χ4n) is 3.20. The lowest BCUT2D eigenvalue weighted by atomic mass is 9.91. The maximum atomic E-state index is 12.4. The molecule has 2 aromatic carbocycles. The van der Waals surface area contributed by atoms with E-state index < -0.39 is 0 Å². The number of aryl methyl sites for hydroxylation is 2. The molecule has 0 aliphatic carbocycles. The van der Waals surface area contributed by atoms with E-state index >= 15 is 0 Å². The molecule has 3 atom stereocenters. The van der Waals surface area contributed by atoms with Crippen LogP contribution in [-0.4, -0.2) is 24.7 Å². The number of carbonyl (C=O) groups excluding carboxylic acids is 1. The summed E-state index contributed by atoms with van der Waals surface area (Å²) in [7, 11) is 0. The third-order valence-electron chi connectivity index (χ3n) is 4.64. The number of hydrogen-bond donors (Lipinski definition) is 3. The van der Waals surface area contributed by atoms with Crippen molar-refractivity contribution in [3.63, 3.8) is 0 Å². The molecule has 138 valence electrons. The van der Waals surface area contributed by atoms with Crippen molar-refractivity contribution in [3.8, 4) is 5.75 Å². The van der Waals surface area contributed by atoms with Crippen molar-refractivity contribution in [2.75, 3.05) is 6.61 Å². The first kappa shape index (κ1) is 18.9. The minimum absolute atomic E-state index is 0.0100. The zero-order chi connectivity index (χ0) is 18.7. The second-order valence-corrected chi connectivity index (χ2v) is 7.67. The van der Waals surface area contributed by atoms with Gasteiger partial charge in [-0.15, -0.1) is 0 Å². The topological polar surface area (TPSA) is 62.4 Å². The van der Waals surface area contributed by atoms with Gasteiger partial charge in [-0.1, -0.05) is 40.2 Å². The maximum Gasteiger partial charge on any atom is 0.259 e. The number of carbonyl (C=O) groups is 1. The SMILES string of the molecule is Cc1ccc(C)c(OCC(=O)NC2NNC(C)C2c2ccc(Br)cc2)c1. The monoisotopic (exact) mass is 417 g/mol. The molecule has 1 aliphatic rings. The minimum atomic E-state index is -0.194. The largest absolute Gasteiger partial charge is 0.483 e. The van der Waals surface area contributed by atoms with Crippen molar-refractivity contribution < 1.29 is 9.53 Å². The summed E-state index contributed by atoms with van der Waals surface area (Å²) in [6, 6.07) is 14.4. The Bertz CT molecular complexity index is 779. The summed E-state index contributed by atoms with van der Waals surface area (Å²) in [6.07, 6.45) is -0.194. The first-order chi connectivity index (χ1) is 12.4. The summed E-state index contributed by atoms with van der Waals surface area (Å²) in [5.74, 6) is 0.727. The van der Waals surface area contributed by atoms with Gasteiger partial charge in [0.2, 0.25) is 0 Å². The standard InChI is InChI=1S/C20H24BrN3O2/c1-12-4-5-13(2)17(10-12)26-11-18(25)22-20-19(14(3)23-24-20)15-6-8-16(21)9-7-15/h4-10,14,19-20,23-24H,11H2,1-3H3,(H,22,25). The maximum absolute atomic E-state index is 12.4. The predicted octanol–water partition coefficient (Wildman–Crippen LogP) is 3.17. The Kier molecular flexibility index (Phi) is 5.96. The highest BCUT2D eigenvalue weighted by Gasteiger charge is 2.35. The lowest BCUT2D eigenvalue weighted by molar-refractivity contribution is -0.124. The number of benzene rings is 2. The molecule has 26 heavy (non-hydrogen) atoms. The van der Waals surface area contributed by atoms with Gasteiger partial charge in [-0.2, -0.15) is 0 Å². The first-order valence-electron chi connectivity index (χ1n) is 8.70. The van der Waals surface area contributed by atoms with E-state index in [0.29, 0.717) is 0 Å². The molecule has 2 aromatic rings. The van der Waals surface area contributed by atoms with Crippen LogP contribution in [0.25, 0.3) is 0 Å². The molecule has 0 radical (unpaired) electrons. The van der Waals surface area contributed by atoms with Crippen molar-refractivity contribution in [2.45, 2.75) is 38.9 Å². The van der Waals surface area contributed by atoms with Crippen molar-refractivity contribution in [3.05, 3.63) is 63.6 Å². The van der Waals surface area contributed by atoms with Crippen molar-refractivity contribution >= 4 is 21.8 Å². The van der Waals surface area contributed by atoms with Crippen molar-refractivity contribution in [1.29, 1.82) is 0 Å². The molecule has 1 heterocycles. The number of ether oxygens (including phenoxy) is 1. The van der Waals surface area contributed by atoms with Gasteiger partial charge in [0.05, 0.1) is 0 Å². The average Bonchev–Trinajstić information content (AvgIpc) is 2.97. The lowest BCUT2D eigenvalue weighted by Gasteiger charge is -2.22. The van der Waals surface area contributed by atoms with Crippen LogP contribution in [0, 0.1) is 13.8 Å². The second kappa shape index (κ2) is 8.20. The quantitative estimate of drug-likeness (QED) is 0.698. The predicted molar refractivity (Wildman–Crippen MR) is 106 cm³/mol. The third kappa shape index (κ3) is 4.44. The van der Waals surface area contributed by atoms with Crippen LogP contribution in [0.5, 0.6) is 5.75 Å². The third-order valence-corrected chi connectivity index (χ3v) is 5.17. The van der Waals surface area contributed by atoms with E-state index in [1.165, 1.54) is 5.56 Å². The zero-order valence-electron chi connectivity index (χ0n) is 15.2. The van der Waals surface area contributed by atoms with E-state index in [1.807, 2.05) is 44.2 Å². The molecule has 1 amide bonds. The number of nitrogens with one attached hydrogen (secondary N) is 3. The molecule has 0 bridgehead atoms. The minimum Gasteiger partial charge on any atom is -0.483 e. The molecule has 1 fully saturated rings. The number of hydrogen-bond acceptors (Lipinski definition) is 4. The summed E-state index contributed by atoms with van der Waals surface area (Å²) < 4.78 is 6.74. The first-order valence-corrected chi connectivity index (χ1v) is 9.49. The normalized spacial score (nSPS) is 22.2. The molecule has 3 unspecified atom stereocenters. The van der Waals surface area contributed by atoms with Crippen LogP contribution in [0.1, 0.15) is 29.5 Å². The highest BCUT2D eigenvalue weighted by atomic mass is 79.9. The van der Waals surface area contributed by atoms with E-state index in [1.54, 1.807) is 0 Å². The lowest BCUT2D eigenvalue weighted by Crippen LogP contribution is -2.47. The van der Waals surface area contributed by atoms with E-state index in [0.717, 1.165) is 21.3 Å². The molecule has 0 aromatic heterocycles. The number of halogens is 1. The van der Waals surface area contributed by atoms with Gasteiger partial charge in [0.25, 0.3) is 5.91 Å². The van der Waals surface area contributed by atoms with Crippen LogP contribution >= 0.6 is 15.9 Å². The molecule has 3 N–H and O–H groups in total. The Hall–Kier alpha value is -1.89. The molecule has 3 rings (SSSR count). The van der Waals surface area contributed by atoms with Gasteiger partial charge in [-0.3, -0.25) is 10.2 Å². The Morgan fingerprint density at radius 3 is 2.62 bits per heavy atom. The summed E-state index contributed by atoms with van der Waals surface area (Å²) in [5.41, 5.74) is 9.67. The fourth-order valence-corrected chi connectivity index (χ4v) is 3.47. The molecule has 1 saturated heterocycles.